The molecule has 140 valence electrons. The lowest BCUT2D eigenvalue weighted by molar-refractivity contribution is -0.849. The SMILES string of the molecule is CC(C)C(C(=O)O)N(CC(O)CO)CC(O)CO.C[N+](C)(C)C. The molecular formula is C15H35N2O6+. The summed E-state index contributed by atoms with van der Waals surface area (Å²) in [6.07, 6.45) is -2.17. The summed E-state index contributed by atoms with van der Waals surface area (Å²) in [6.45, 7) is 2.28. The first kappa shape index (κ1) is 24.5. The number of hydrogen-bond donors (Lipinski definition) is 5. The minimum absolute atomic E-state index is 0.0806. The van der Waals surface area contributed by atoms with Crippen molar-refractivity contribution in [2.24, 2.45) is 5.92 Å². The lowest BCUT2D eigenvalue weighted by atomic mass is 10.0. The number of aliphatic carboxylic acids is 1. The van der Waals surface area contributed by atoms with Gasteiger partial charge in [-0.25, -0.2) is 0 Å². The van der Waals surface area contributed by atoms with Gasteiger partial charge in [-0.15, -0.1) is 0 Å². The van der Waals surface area contributed by atoms with Crippen LogP contribution in [0.4, 0.5) is 0 Å². The molecule has 0 aliphatic heterocycles. The molecule has 8 heteroatoms. The molecule has 0 aliphatic rings. The van der Waals surface area contributed by atoms with Crippen LogP contribution in [0.5, 0.6) is 0 Å². The maximum Gasteiger partial charge on any atom is 0.321 e. The molecule has 0 amide bonds. The van der Waals surface area contributed by atoms with Crippen LogP contribution in [0, 0.1) is 5.92 Å². The van der Waals surface area contributed by atoms with Crippen molar-refractivity contribution in [1.29, 1.82) is 0 Å². The van der Waals surface area contributed by atoms with Gasteiger partial charge < -0.3 is 30.0 Å². The van der Waals surface area contributed by atoms with Crippen LogP contribution in [0.1, 0.15) is 13.8 Å². The first-order valence-electron chi connectivity index (χ1n) is 7.67. The Balaban J connectivity index is 0. The number of nitrogens with zero attached hydrogens (tertiary/aromatic N) is 2. The van der Waals surface area contributed by atoms with Gasteiger partial charge in [-0.3, -0.25) is 9.69 Å². The van der Waals surface area contributed by atoms with Gasteiger partial charge in [0, 0.05) is 13.1 Å². The van der Waals surface area contributed by atoms with Crippen molar-refractivity contribution in [3.63, 3.8) is 0 Å². The average Bonchev–Trinajstić information content (AvgIpc) is 2.35. The van der Waals surface area contributed by atoms with E-state index in [0.717, 1.165) is 4.48 Å². The fraction of sp³-hybridized carbons (Fsp3) is 0.933. The molecular weight excluding hydrogens is 304 g/mol. The van der Waals surface area contributed by atoms with E-state index in [4.69, 9.17) is 15.3 Å². The zero-order chi connectivity index (χ0) is 18.8. The number of rotatable bonds is 9. The van der Waals surface area contributed by atoms with E-state index in [0.29, 0.717) is 0 Å². The average molecular weight is 339 g/mol. The van der Waals surface area contributed by atoms with E-state index < -0.39 is 37.4 Å². The molecule has 3 atom stereocenters. The van der Waals surface area contributed by atoms with Gasteiger partial charge in [-0.2, -0.15) is 0 Å². The Morgan fingerprint density at radius 2 is 1.26 bits per heavy atom. The summed E-state index contributed by atoms with van der Waals surface area (Å²) in [5, 5.41) is 45.5. The number of carbonyl (C=O) groups is 1. The number of hydrogen-bond acceptors (Lipinski definition) is 6. The van der Waals surface area contributed by atoms with E-state index in [9.17, 15) is 15.0 Å². The molecule has 0 heterocycles. The van der Waals surface area contributed by atoms with Crippen LogP contribution in [0.3, 0.4) is 0 Å². The maximum atomic E-state index is 11.2. The highest BCUT2D eigenvalue weighted by molar-refractivity contribution is 5.73. The topological polar surface area (TPSA) is 121 Å². The first-order valence-corrected chi connectivity index (χ1v) is 7.67. The van der Waals surface area contributed by atoms with E-state index in [-0.39, 0.29) is 19.0 Å². The molecule has 0 radical (unpaired) electrons. The molecule has 0 rings (SSSR count). The predicted molar refractivity (Wildman–Crippen MR) is 88.0 cm³/mol. The Morgan fingerprint density at radius 1 is 0.957 bits per heavy atom. The highest BCUT2D eigenvalue weighted by Crippen LogP contribution is 2.13. The summed E-state index contributed by atoms with van der Waals surface area (Å²) in [5.41, 5.74) is 0. The summed E-state index contributed by atoms with van der Waals surface area (Å²) in [4.78, 5) is 12.5. The highest BCUT2D eigenvalue weighted by Gasteiger charge is 2.31. The zero-order valence-electron chi connectivity index (χ0n) is 15.2. The van der Waals surface area contributed by atoms with Gasteiger partial charge in [-0.05, 0) is 5.92 Å². The number of carboxylic acid groups (broad SMARTS) is 1. The molecule has 0 fully saturated rings. The second-order valence-electron chi connectivity index (χ2n) is 7.34. The summed E-state index contributed by atoms with van der Waals surface area (Å²) in [7, 11) is 8.50. The smallest absolute Gasteiger partial charge is 0.321 e. The van der Waals surface area contributed by atoms with E-state index in [1.165, 1.54) is 4.90 Å². The van der Waals surface area contributed by atoms with Crippen molar-refractivity contribution in [1.82, 2.24) is 4.90 Å². The van der Waals surface area contributed by atoms with Crippen molar-refractivity contribution in [3.8, 4) is 0 Å². The molecule has 0 spiro atoms. The molecule has 0 aliphatic carbocycles. The molecule has 0 bridgehead atoms. The van der Waals surface area contributed by atoms with Gasteiger partial charge in [-0.1, -0.05) is 13.8 Å². The molecule has 5 N–H and O–H groups in total. The Labute approximate surface area is 139 Å². The van der Waals surface area contributed by atoms with Crippen LogP contribution in [0.15, 0.2) is 0 Å². The third-order valence-corrected chi connectivity index (χ3v) is 2.59. The third kappa shape index (κ3) is 14.5. The zero-order valence-corrected chi connectivity index (χ0v) is 15.2. The third-order valence-electron chi connectivity index (χ3n) is 2.59. The van der Waals surface area contributed by atoms with Gasteiger partial charge in [0.15, 0.2) is 0 Å². The maximum absolute atomic E-state index is 11.2. The lowest BCUT2D eigenvalue weighted by Crippen LogP contribution is -2.51. The van der Waals surface area contributed by atoms with E-state index in [1.54, 1.807) is 13.8 Å². The van der Waals surface area contributed by atoms with Gasteiger partial charge in [0.25, 0.3) is 0 Å². The highest BCUT2D eigenvalue weighted by atomic mass is 16.4. The lowest BCUT2D eigenvalue weighted by Gasteiger charge is -2.33. The monoisotopic (exact) mass is 339 g/mol. The van der Waals surface area contributed by atoms with Gasteiger partial charge in [0.05, 0.1) is 53.6 Å². The van der Waals surface area contributed by atoms with Crippen LogP contribution in [0.25, 0.3) is 0 Å². The molecule has 0 aromatic carbocycles. The van der Waals surface area contributed by atoms with Crippen LogP contribution >= 0.6 is 0 Å². The summed E-state index contributed by atoms with van der Waals surface area (Å²) >= 11 is 0. The van der Waals surface area contributed by atoms with Crippen molar-refractivity contribution < 1.29 is 34.8 Å². The quantitative estimate of drug-likeness (QED) is 0.322. The van der Waals surface area contributed by atoms with Crippen molar-refractivity contribution in [2.45, 2.75) is 32.1 Å². The van der Waals surface area contributed by atoms with Gasteiger partial charge in [0.1, 0.15) is 6.04 Å². The van der Waals surface area contributed by atoms with Gasteiger partial charge in [0.2, 0.25) is 0 Å². The fourth-order valence-corrected chi connectivity index (χ4v) is 1.82. The fourth-order valence-electron chi connectivity index (χ4n) is 1.82. The van der Waals surface area contributed by atoms with E-state index >= 15 is 0 Å². The molecule has 0 aromatic heterocycles. The number of quaternary nitrogens is 1. The van der Waals surface area contributed by atoms with Crippen molar-refractivity contribution >= 4 is 5.97 Å². The number of aliphatic hydroxyl groups excluding tert-OH is 4. The van der Waals surface area contributed by atoms with Crippen LogP contribution in [0.2, 0.25) is 0 Å². The minimum atomic E-state index is -1.09. The largest absolute Gasteiger partial charge is 0.480 e. The summed E-state index contributed by atoms with van der Waals surface area (Å²) in [6, 6.07) is -0.896. The van der Waals surface area contributed by atoms with Crippen LogP contribution in [-0.4, -0.2) is 114 Å². The molecule has 3 unspecified atom stereocenters. The molecule has 0 saturated heterocycles. The molecule has 0 aromatic rings. The first-order chi connectivity index (χ1) is 10.3. The van der Waals surface area contributed by atoms with Crippen LogP contribution < -0.4 is 0 Å². The molecule has 8 nitrogen and oxygen atoms in total. The minimum Gasteiger partial charge on any atom is -0.480 e. The Kier molecular flexibility index (Phi) is 12.5. The molecule has 0 saturated carbocycles. The van der Waals surface area contributed by atoms with Crippen molar-refractivity contribution in [3.05, 3.63) is 0 Å². The van der Waals surface area contributed by atoms with E-state index in [1.807, 2.05) is 0 Å². The second-order valence-corrected chi connectivity index (χ2v) is 7.34. The Morgan fingerprint density at radius 3 is 1.43 bits per heavy atom. The predicted octanol–water partition coefficient (Wildman–Crippen LogP) is -1.57. The normalized spacial score (nSPS) is 15.8. The van der Waals surface area contributed by atoms with Crippen LogP contribution in [-0.2, 0) is 4.79 Å². The van der Waals surface area contributed by atoms with Crippen molar-refractivity contribution in [2.75, 3.05) is 54.5 Å². The van der Waals surface area contributed by atoms with E-state index in [2.05, 4.69) is 28.2 Å². The Hall–Kier alpha value is -0.770. The Bertz CT molecular complexity index is 302. The standard InChI is InChI=1S/C11H23NO6.C4H12N/c1-7(2)10(11(17)18)12(3-8(15)5-13)4-9(16)6-14;1-5(2,3)4/h7-10,13-16H,3-6H2,1-2H3,(H,17,18);1-4H3/q;+1. The summed E-state index contributed by atoms with van der Waals surface area (Å²) in [5.74, 6) is -1.31. The summed E-state index contributed by atoms with van der Waals surface area (Å²) < 4.78 is 1.00. The second kappa shape index (κ2) is 11.7. The number of carboxylic acids is 1. The molecule has 23 heavy (non-hydrogen) atoms. The van der Waals surface area contributed by atoms with Gasteiger partial charge >= 0.3 is 5.97 Å². The number of aliphatic hydroxyl groups is 4.